The number of fused-ring (bicyclic) bond motifs is 3. The first kappa shape index (κ1) is 46.3. The smallest absolute Gasteiger partial charge is 0.390 e. The largest absolute Gasteiger partial charge is 0.486 e. The molecular formula is C40H71O12Si7Ti-. The molecule has 0 spiro atoms. The second-order valence-corrected chi connectivity index (χ2v) is 41.8. The molecule has 20 heteroatoms. The zero-order valence-electron chi connectivity index (χ0n) is 35.8. The predicted octanol–water partition coefficient (Wildman–Crippen LogP) is 9.64. The van der Waals surface area contributed by atoms with Gasteiger partial charge in [0, 0.05) is 60.5 Å². The van der Waals surface area contributed by atoms with Gasteiger partial charge in [0.25, 0.3) is 0 Å². The molecular weight excluding hydrogens is 917 g/mol. The molecule has 0 atom stereocenters. The fourth-order valence-corrected chi connectivity index (χ4v) is 55.5. The van der Waals surface area contributed by atoms with Gasteiger partial charge in [0.2, 0.25) is 0 Å². The molecule has 3 heterocycles. The summed E-state index contributed by atoms with van der Waals surface area (Å²) in [4.78, 5) is 40.7. The van der Waals surface area contributed by atoms with Crippen molar-refractivity contribution in [2.45, 2.75) is 225 Å². The first-order valence-corrected chi connectivity index (χ1v) is 37.0. The van der Waals surface area contributed by atoms with Gasteiger partial charge in [-0.3, -0.25) is 6.08 Å². The van der Waals surface area contributed by atoms with Gasteiger partial charge in [-0.25, -0.2) is 12.2 Å². The van der Waals surface area contributed by atoms with E-state index in [1.807, 2.05) is 12.2 Å². The van der Waals surface area contributed by atoms with Crippen molar-refractivity contribution in [3.8, 4) is 0 Å². The molecule has 0 aromatic heterocycles. The van der Waals surface area contributed by atoms with E-state index >= 15 is 0 Å². The molecule has 3 saturated heterocycles. The van der Waals surface area contributed by atoms with E-state index in [1.165, 1.54) is 0 Å². The third kappa shape index (κ3) is 8.78. The van der Waals surface area contributed by atoms with Crippen molar-refractivity contribution in [1.82, 2.24) is 0 Å². The summed E-state index contributed by atoms with van der Waals surface area (Å²) in [6.45, 7) is 0. The fraction of sp³-hybridized carbons (Fsp3) is 0.900. The Morgan fingerprint density at radius 2 is 0.550 bits per heavy atom. The van der Waals surface area contributed by atoms with Crippen LogP contribution in [0.5, 0.6) is 0 Å². The molecule has 0 amide bonds. The fourth-order valence-electron chi connectivity index (χ4n) is 13.0. The Labute approximate surface area is 381 Å². The van der Waals surface area contributed by atoms with Gasteiger partial charge < -0.3 is 51.4 Å². The van der Waals surface area contributed by atoms with Crippen molar-refractivity contribution in [3.63, 3.8) is 0 Å². The summed E-state index contributed by atoms with van der Waals surface area (Å²) < 4.78 is 69.7. The van der Waals surface area contributed by atoms with E-state index in [1.54, 1.807) is 0 Å². The van der Waals surface area contributed by atoms with Gasteiger partial charge in [-0.2, -0.15) is 6.08 Å². The summed E-state index contributed by atoms with van der Waals surface area (Å²) in [5, 5.41) is 0. The molecule has 10 fully saturated rings. The third-order valence-corrected chi connectivity index (χ3v) is 48.0. The second kappa shape index (κ2) is 18.7. The molecule has 3 aliphatic heterocycles. The Morgan fingerprint density at radius 3 is 0.733 bits per heavy atom. The van der Waals surface area contributed by atoms with E-state index in [0.717, 1.165) is 186 Å². The summed E-state index contributed by atoms with van der Waals surface area (Å²) in [7, 11) is -29.1. The maximum atomic E-state index is 13.6. The monoisotopic (exact) mass is 987 g/mol. The Morgan fingerprint density at radius 1 is 0.333 bits per heavy atom. The molecule has 0 aromatic carbocycles. The van der Waals surface area contributed by atoms with Crippen LogP contribution in [0.25, 0.3) is 0 Å². The molecule has 7 saturated carbocycles. The van der Waals surface area contributed by atoms with Crippen molar-refractivity contribution in [1.29, 1.82) is 0 Å². The minimum atomic E-state index is -4.28. The van der Waals surface area contributed by atoms with Crippen molar-refractivity contribution in [2.24, 2.45) is 0 Å². The van der Waals surface area contributed by atoms with Gasteiger partial charge in [-0.1, -0.05) is 89.9 Å². The Bertz CT molecular complexity index is 1350. The maximum Gasteiger partial charge on any atom is 0.486 e. The quantitative estimate of drug-likeness (QED) is 0.165. The first-order chi connectivity index (χ1) is 28.6. The summed E-state index contributed by atoms with van der Waals surface area (Å²) in [5.41, 5.74) is -1.09. The van der Waals surface area contributed by atoms with Crippen LogP contribution in [0, 0.1) is 6.08 Å². The van der Waals surface area contributed by atoms with Gasteiger partial charge in [0.05, 0.1) is 0 Å². The summed E-state index contributed by atoms with van der Waals surface area (Å²) in [6, 6.07) is 0. The Hall–Kier alpha value is 1.23. The number of rotatable bonds is 7. The molecule has 8 aliphatic carbocycles. The van der Waals surface area contributed by atoms with E-state index in [0.29, 0.717) is 0 Å². The molecule has 12 nitrogen and oxygen atoms in total. The van der Waals surface area contributed by atoms with Crippen LogP contribution in [-0.4, -0.2) is 76.0 Å². The van der Waals surface area contributed by atoms with Crippen LogP contribution in [0.1, 0.15) is 186 Å². The van der Waals surface area contributed by atoms with Crippen LogP contribution in [0.4, 0.5) is 0 Å². The van der Waals surface area contributed by atoms with Crippen molar-refractivity contribution < 1.29 is 73.1 Å². The number of hydrogen-bond donors (Lipinski definition) is 3. The van der Waals surface area contributed by atoms with E-state index in [2.05, 4.69) is 12.2 Å². The first-order valence-electron chi connectivity index (χ1n) is 24.3. The minimum Gasteiger partial charge on any atom is -0.390 e. The number of hydrogen-bond acceptors (Lipinski definition) is 12. The number of allylic oxidation sites excluding steroid dienone is 4. The molecule has 60 heavy (non-hydrogen) atoms. The van der Waals surface area contributed by atoms with Crippen LogP contribution in [0.15, 0.2) is 18.2 Å². The normalized spacial score (nSPS) is 45.1. The van der Waals surface area contributed by atoms with Crippen LogP contribution in [0.2, 0.25) is 38.8 Å². The summed E-state index contributed by atoms with van der Waals surface area (Å²) in [6.07, 6.45) is 35.6. The van der Waals surface area contributed by atoms with E-state index in [9.17, 15) is 14.4 Å². The molecule has 0 aromatic rings. The van der Waals surface area contributed by atoms with Crippen LogP contribution in [0.3, 0.4) is 0 Å². The van der Waals surface area contributed by atoms with Gasteiger partial charge >= 0.3 is 61.6 Å². The van der Waals surface area contributed by atoms with Gasteiger partial charge in [0.1, 0.15) is 0 Å². The molecule has 0 unspecified atom stereocenters. The molecule has 4 bridgehead atoms. The zero-order chi connectivity index (χ0) is 40.2. The van der Waals surface area contributed by atoms with Gasteiger partial charge in [-0.05, 0) is 89.9 Å². The van der Waals surface area contributed by atoms with Gasteiger partial charge in [-0.15, -0.1) is 6.42 Å². The molecule has 0 radical (unpaired) electrons. The average Bonchev–Trinajstić information content (AvgIpc) is 4.09. The van der Waals surface area contributed by atoms with Gasteiger partial charge in [0.15, 0.2) is 0 Å². The van der Waals surface area contributed by atoms with Crippen LogP contribution >= 0.6 is 0 Å². The SMILES string of the molecule is O[Si]1(C2CCCC2)O[Si]2(C3CCCC3)O[Si](O)(C3CCCC3)O[Si]3(C4CCCC4)O[Si](O)(C4CCCC4)O[Si](C4CCCC4)(O1)O[Si](C1CCCC1)(O2)O3.[C-]1=CC=CC1.[Ti]. The predicted molar refractivity (Wildman–Crippen MR) is 234 cm³/mol. The van der Waals surface area contributed by atoms with Crippen molar-refractivity contribution >= 4 is 61.6 Å². The van der Waals surface area contributed by atoms with Crippen LogP contribution in [-0.2, 0) is 58.8 Å². The van der Waals surface area contributed by atoms with E-state index in [-0.39, 0.29) is 60.5 Å². The zero-order valence-corrected chi connectivity index (χ0v) is 44.4. The minimum absolute atomic E-state index is 0. The van der Waals surface area contributed by atoms with E-state index in [4.69, 9.17) is 37.0 Å². The topological polar surface area (TPSA) is 144 Å². The van der Waals surface area contributed by atoms with E-state index < -0.39 is 61.6 Å². The second-order valence-electron chi connectivity index (χ2n) is 20.1. The standard InChI is InChI=1S/C35H66O12Si7.C5H5.Ti/c36-48(29-15-1-2-16-29)39-51(32-21-7-8-22-32)41-49(37,30-17-3-4-18-30)43-53(34-25-11-12-26-34)44-50(38,31-19-5-6-20-31)42-52(40-48,33-23-9-10-24-33)46-54(45-51,47-53)35-27-13-14-28-35;1-2-4-5-3-1;/h29-38H,1-28H2;1-3H,4H2;/q;-1;. The summed E-state index contributed by atoms with van der Waals surface area (Å²) >= 11 is 0. The molecule has 3 N–H and O–H groups in total. The third-order valence-electron chi connectivity index (χ3n) is 16.2. The average molecular weight is 988 g/mol. The molecule has 336 valence electrons. The Balaban J connectivity index is 0.000000720. The molecule has 11 rings (SSSR count). The Kier molecular flexibility index (Phi) is 14.5. The molecule has 11 aliphatic rings. The van der Waals surface area contributed by atoms with Crippen molar-refractivity contribution in [3.05, 3.63) is 24.3 Å². The van der Waals surface area contributed by atoms with Crippen molar-refractivity contribution in [2.75, 3.05) is 0 Å². The maximum absolute atomic E-state index is 13.6. The van der Waals surface area contributed by atoms with Crippen LogP contribution < -0.4 is 0 Å². The summed E-state index contributed by atoms with van der Waals surface area (Å²) in [5.74, 6) is 0.